The van der Waals surface area contributed by atoms with Crippen LogP contribution in [0.2, 0.25) is 0 Å². The maximum atomic E-state index is 13.8. The molecule has 2 aromatic carbocycles. The Labute approximate surface area is 198 Å². The van der Waals surface area contributed by atoms with Crippen LogP contribution < -0.4 is 19.1 Å². The monoisotopic (exact) mass is 469 g/mol. The van der Waals surface area contributed by atoms with Crippen LogP contribution in [0.3, 0.4) is 0 Å². The SMILES string of the molecule is CCOc1cccc2sc(N(CCN(CC)CC)C(=O)C3Oc4ccccc4OC3C)nc12. The number of benzene rings is 2. The first kappa shape index (κ1) is 23.3. The number of thiazole rings is 1. The Balaban J connectivity index is 1.67. The highest BCUT2D eigenvalue weighted by molar-refractivity contribution is 7.22. The number of aromatic nitrogens is 1. The minimum absolute atomic E-state index is 0.152. The van der Waals surface area contributed by atoms with Crippen LogP contribution >= 0.6 is 11.3 Å². The van der Waals surface area contributed by atoms with Crippen molar-refractivity contribution in [3.63, 3.8) is 0 Å². The summed E-state index contributed by atoms with van der Waals surface area (Å²) in [5.41, 5.74) is 0.777. The zero-order valence-corrected chi connectivity index (χ0v) is 20.4. The Morgan fingerprint density at radius 3 is 2.45 bits per heavy atom. The Bertz CT molecular complexity index is 1100. The van der Waals surface area contributed by atoms with Crippen LogP contribution in [-0.4, -0.2) is 60.8 Å². The topological polar surface area (TPSA) is 64.1 Å². The van der Waals surface area contributed by atoms with Crippen molar-refractivity contribution in [3.8, 4) is 17.2 Å². The third-order valence-corrected chi connectivity index (χ3v) is 6.83. The third kappa shape index (κ3) is 4.91. The molecule has 2 atom stereocenters. The molecule has 0 N–H and O–H groups in total. The van der Waals surface area contributed by atoms with E-state index < -0.39 is 12.2 Å². The zero-order valence-electron chi connectivity index (χ0n) is 19.6. The minimum Gasteiger partial charge on any atom is -0.492 e. The molecule has 0 aliphatic carbocycles. The number of ether oxygens (including phenoxy) is 3. The van der Waals surface area contributed by atoms with Crippen LogP contribution in [0.5, 0.6) is 17.2 Å². The molecule has 176 valence electrons. The molecule has 1 amide bonds. The lowest BCUT2D eigenvalue weighted by Gasteiger charge is -2.34. The lowest BCUT2D eigenvalue weighted by molar-refractivity contribution is -0.130. The zero-order chi connectivity index (χ0) is 23.4. The lowest BCUT2D eigenvalue weighted by Crippen LogP contribution is -2.52. The number of anilines is 1. The number of hydrogen-bond donors (Lipinski definition) is 0. The van der Waals surface area contributed by atoms with Crippen molar-refractivity contribution in [1.82, 2.24) is 9.88 Å². The lowest BCUT2D eigenvalue weighted by atomic mass is 10.1. The molecule has 33 heavy (non-hydrogen) atoms. The highest BCUT2D eigenvalue weighted by atomic mass is 32.1. The first-order valence-corrected chi connectivity index (χ1v) is 12.4. The summed E-state index contributed by atoms with van der Waals surface area (Å²) < 4.78 is 18.9. The predicted octanol–water partition coefficient (Wildman–Crippen LogP) is 4.60. The fourth-order valence-corrected chi connectivity index (χ4v) is 4.94. The maximum Gasteiger partial charge on any atom is 0.273 e. The Kier molecular flexibility index (Phi) is 7.35. The van der Waals surface area contributed by atoms with E-state index >= 15 is 0 Å². The van der Waals surface area contributed by atoms with Crippen molar-refractivity contribution in [2.45, 2.75) is 39.9 Å². The van der Waals surface area contributed by atoms with Crippen molar-refractivity contribution in [2.24, 2.45) is 0 Å². The maximum absolute atomic E-state index is 13.8. The second-order valence-corrected chi connectivity index (χ2v) is 8.87. The van der Waals surface area contributed by atoms with Gasteiger partial charge in [0.15, 0.2) is 16.6 Å². The van der Waals surface area contributed by atoms with Crippen molar-refractivity contribution in [2.75, 3.05) is 37.7 Å². The molecule has 0 bridgehead atoms. The van der Waals surface area contributed by atoms with Crippen molar-refractivity contribution in [3.05, 3.63) is 42.5 Å². The number of fused-ring (bicyclic) bond motifs is 2. The van der Waals surface area contributed by atoms with Gasteiger partial charge in [0.1, 0.15) is 17.4 Å². The molecular formula is C25H31N3O4S. The second kappa shape index (κ2) is 10.4. The van der Waals surface area contributed by atoms with E-state index in [1.807, 2.05) is 56.3 Å². The summed E-state index contributed by atoms with van der Waals surface area (Å²) in [6.07, 6.45) is -1.17. The van der Waals surface area contributed by atoms with Gasteiger partial charge in [0.05, 0.1) is 11.3 Å². The third-order valence-electron chi connectivity index (χ3n) is 5.79. The summed E-state index contributed by atoms with van der Waals surface area (Å²) in [4.78, 5) is 22.7. The first-order valence-electron chi connectivity index (χ1n) is 11.5. The summed E-state index contributed by atoms with van der Waals surface area (Å²) in [5, 5.41) is 0.643. The second-order valence-electron chi connectivity index (χ2n) is 7.86. The number of likely N-dealkylation sites (N-methyl/N-ethyl adjacent to an activating group) is 1. The first-order chi connectivity index (χ1) is 16.0. The average Bonchev–Trinajstić information content (AvgIpc) is 3.26. The van der Waals surface area contributed by atoms with Gasteiger partial charge >= 0.3 is 0 Å². The Hall–Kier alpha value is -2.84. The smallest absolute Gasteiger partial charge is 0.273 e. The number of carbonyl (C=O) groups excluding carboxylic acids is 1. The van der Waals surface area contributed by atoms with Gasteiger partial charge in [0, 0.05) is 13.1 Å². The van der Waals surface area contributed by atoms with Gasteiger partial charge in [-0.05, 0) is 51.2 Å². The number of amides is 1. The van der Waals surface area contributed by atoms with E-state index in [4.69, 9.17) is 19.2 Å². The van der Waals surface area contributed by atoms with Crippen molar-refractivity contribution < 1.29 is 19.0 Å². The molecular weight excluding hydrogens is 438 g/mol. The van der Waals surface area contributed by atoms with E-state index in [1.165, 1.54) is 11.3 Å². The van der Waals surface area contributed by atoms with Gasteiger partial charge in [0.25, 0.3) is 5.91 Å². The van der Waals surface area contributed by atoms with Crippen molar-refractivity contribution in [1.29, 1.82) is 0 Å². The normalized spacial score (nSPS) is 17.4. The molecule has 1 aliphatic heterocycles. The summed E-state index contributed by atoms with van der Waals surface area (Å²) in [6.45, 7) is 11.7. The van der Waals surface area contributed by atoms with Crippen LogP contribution in [0.25, 0.3) is 10.2 Å². The van der Waals surface area contributed by atoms with Gasteiger partial charge in [-0.25, -0.2) is 4.98 Å². The van der Waals surface area contributed by atoms with E-state index in [1.54, 1.807) is 4.90 Å². The van der Waals surface area contributed by atoms with Crippen LogP contribution in [-0.2, 0) is 4.79 Å². The molecule has 1 aromatic heterocycles. The molecule has 4 rings (SSSR count). The standard InChI is InChI=1S/C25H31N3O4S/c1-5-27(6-2)15-16-28(25-26-22-20(30-7-3)13-10-14-21(22)33-25)24(29)23-17(4)31-18-11-8-9-12-19(18)32-23/h8-14,17,23H,5-7,15-16H2,1-4H3. The summed E-state index contributed by atoms with van der Waals surface area (Å²) in [5.74, 6) is 1.82. The Morgan fingerprint density at radius 1 is 1.03 bits per heavy atom. The molecule has 0 spiro atoms. The van der Waals surface area contributed by atoms with Crippen molar-refractivity contribution >= 4 is 32.6 Å². The molecule has 7 nitrogen and oxygen atoms in total. The molecule has 0 fully saturated rings. The van der Waals surface area contributed by atoms with Crippen LogP contribution in [0.1, 0.15) is 27.7 Å². The molecule has 0 saturated carbocycles. The summed E-state index contributed by atoms with van der Waals surface area (Å²) >= 11 is 1.49. The molecule has 2 unspecified atom stereocenters. The highest BCUT2D eigenvalue weighted by Gasteiger charge is 2.38. The molecule has 3 aromatic rings. The Morgan fingerprint density at radius 2 is 1.76 bits per heavy atom. The van der Waals surface area contributed by atoms with E-state index in [2.05, 4.69) is 18.7 Å². The van der Waals surface area contributed by atoms with Gasteiger partial charge in [-0.2, -0.15) is 0 Å². The molecule has 1 aliphatic rings. The van der Waals surface area contributed by atoms with Gasteiger partial charge in [0.2, 0.25) is 6.10 Å². The van der Waals surface area contributed by atoms with E-state index in [0.29, 0.717) is 29.8 Å². The number of para-hydroxylation sites is 3. The van der Waals surface area contributed by atoms with E-state index in [0.717, 1.165) is 35.6 Å². The quantitative estimate of drug-likeness (QED) is 0.456. The van der Waals surface area contributed by atoms with Gasteiger partial charge in [-0.3, -0.25) is 9.69 Å². The number of nitrogens with zero attached hydrogens (tertiary/aromatic N) is 3. The summed E-state index contributed by atoms with van der Waals surface area (Å²) in [6, 6.07) is 13.3. The van der Waals surface area contributed by atoms with Gasteiger partial charge in [-0.1, -0.05) is 43.4 Å². The van der Waals surface area contributed by atoms with Crippen LogP contribution in [0.4, 0.5) is 5.13 Å². The molecule has 0 saturated heterocycles. The predicted molar refractivity (Wildman–Crippen MR) is 132 cm³/mol. The molecule has 2 heterocycles. The molecule has 0 radical (unpaired) electrons. The number of carbonyl (C=O) groups is 1. The van der Waals surface area contributed by atoms with Gasteiger partial charge in [-0.15, -0.1) is 0 Å². The van der Waals surface area contributed by atoms with Gasteiger partial charge < -0.3 is 19.1 Å². The summed E-state index contributed by atoms with van der Waals surface area (Å²) in [7, 11) is 0. The minimum atomic E-state index is -0.755. The van der Waals surface area contributed by atoms with E-state index in [9.17, 15) is 4.79 Å². The van der Waals surface area contributed by atoms with Crippen LogP contribution in [0, 0.1) is 0 Å². The fourth-order valence-electron chi connectivity index (χ4n) is 3.92. The van der Waals surface area contributed by atoms with E-state index in [-0.39, 0.29) is 5.91 Å². The number of rotatable bonds is 9. The number of hydrogen-bond acceptors (Lipinski definition) is 7. The highest BCUT2D eigenvalue weighted by Crippen LogP contribution is 2.37. The van der Waals surface area contributed by atoms with Crippen LogP contribution in [0.15, 0.2) is 42.5 Å². The average molecular weight is 470 g/mol. The fraction of sp³-hybridized carbons (Fsp3) is 0.440. The molecule has 8 heteroatoms. The largest absolute Gasteiger partial charge is 0.492 e.